The van der Waals surface area contributed by atoms with Crippen LogP contribution in [0.4, 0.5) is 0 Å². The number of rotatable bonds is 0. The van der Waals surface area contributed by atoms with E-state index < -0.39 is 0 Å². The molecule has 0 aromatic rings. The predicted molar refractivity (Wildman–Crippen MR) is 53.8 cm³/mol. The predicted octanol–water partition coefficient (Wildman–Crippen LogP) is 1.94. The highest BCUT2D eigenvalue weighted by Crippen LogP contribution is 2.38. The third kappa shape index (κ3) is 1.75. The summed E-state index contributed by atoms with van der Waals surface area (Å²) in [6, 6.07) is 0.545. The van der Waals surface area contributed by atoms with Gasteiger partial charge in [-0.1, -0.05) is 19.8 Å². The van der Waals surface area contributed by atoms with E-state index in [2.05, 4.69) is 19.2 Å². The van der Waals surface area contributed by atoms with Crippen molar-refractivity contribution in [2.24, 2.45) is 5.92 Å². The quantitative estimate of drug-likeness (QED) is 0.619. The molecule has 1 heterocycles. The highest BCUT2D eigenvalue weighted by molar-refractivity contribution is 4.96. The van der Waals surface area contributed by atoms with E-state index in [1.165, 1.54) is 25.7 Å². The van der Waals surface area contributed by atoms with Gasteiger partial charge in [0.1, 0.15) is 0 Å². The molecule has 3 unspecified atom stereocenters. The van der Waals surface area contributed by atoms with Crippen LogP contribution in [0.1, 0.15) is 39.5 Å². The van der Waals surface area contributed by atoms with Crippen molar-refractivity contribution >= 4 is 0 Å². The SMILES string of the molecule is CC1CCCC2(C1)OCCNC2C. The minimum atomic E-state index is 0.177. The monoisotopic (exact) mass is 183 g/mol. The van der Waals surface area contributed by atoms with Crippen LogP contribution in [0.5, 0.6) is 0 Å². The molecule has 2 nitrogen and oxygen atoms in total. The van der Waals surface area contributed by atoms with E-state index in [1.807, 2.05) is 0 Å². The van der Waals surface area contributed by atoms with Crippen molar-refractivity contribution in [2.75, 3.05) is 13.2 Å². The molecule has 1 spiro atoms. The molecule has 1 N–H and O–H groups in total. The second-order valence-corrected chi connectivity index (χ2v) is 4.79. The Morgan fingerprint density at radius 2 is 2.23 bits per heavy atom. The number of hydrogen-bond acceptors (Lipinski definition) is 2. The number of nitrogens with one attached hydrogen (secondary N) is 1. The minimum absolute atomic E-state index is 0.177. The topological polar surface area (TPSA) is 21.3 Å². The first-order valence-electron chi connectivity index (χ1n) is 5.60. The van der Waals surface area contributed by atoms with Crippen LogP contribution in [0.15, 0.2) is 0 Å². The molecule has 2 rings (SSSR count). The van der Waals surface area contributed by atoms with E-state index in [1.54, 1.807) is 0 Å². The van der Waals surface area contributed by atoms with Gasteiger partial charge in [-0.25, -0.2) is 0 Å². The molecule has 2 aliphatic rings. The van der Waals surface area contributed by atoms with Crippen molar-refractivity contribution in [3.05, 3.63) is 0 Å². The molecule has 0 aromatic heterocycles. The van der Waals surface area contributed by atoms with Gasteiger partial charge in [0.25, 0.3) is 0 Å². The van der Waals surface area contributed by atoms with Gasteiger partial charge < -0.3 is 10.1 Å². The van der Waals surface area contributed by atoms with Gasteiger partial charge in [0, 0.05) is 12.6 Å². The van der Waals surface area contributed by atoms with Crippen LogP contribution in [-0.2, 0) is 4.74 Å². The molecule has 76 valence electrons. The maximum Gasteiger partial charge on any atom is 0.0835 e. The lowest BCUT2D eigenvalue weighted by molar-refractivity contribution is -0.122. The molecule has 1 saturated heterocycles. The van der Waals surface area contributed by atoms with Crippen molar-refractivity contribution in [1.29, 1.82) is 0 Å². The summed E-state index contributed by atoms with van der Waals surface area (Å²) in [5.41, 5.74) is 0.177. The molecule has 1 aliphatic carbocycles. The molecule has 2 heteroatoms. The molecule has 0 aromatic carbocycles. The van der Waals surface area contributed by atoms with E-state index in [0.29, 0.717) is 6.04 Å². The van der Waals surface area contributed by atoms with E-state index in [9.17, 15) is 0 Å². The van der Waals surface area contributed by atoms with Gasteiger partial charge in [-0.3, -0.25) is 0 Å². The third-order valence-corrected chi connectivity index (χ3v) is 3.72. The van der Waals surface area contributed by atoms with Crippen LogP contribution in [0.25, 0.3) is 0 Å². The molecule has 0 radical (unpaired) electrons. The smallest absolute Gasteiger partial charge is 0.0835 e. The highest BCUT2D eigenvalue weighted by Gasteiger charge is 2.42. The van der Waals surface area contributed by atoms with Gasteiger partial charge in [-0.2, -0.15) is 0 Å². The second-order valence-electron chi connectivity index (χ2n) is 4.79. The highest BCUT2D eigenvalue weighted by atomic mass is 16.5. The second kappa shape index (κ2) is 3.58. The van der Waals surface area contributed by atoms with Gasteiger partial charge >= 0.3 is 0 Å². The van der Waals surface area contributed by atoms with Crippen molar-refractivity contribution in [3.8, 4) is 0 Å². The Morgan fingerprint density at radius 1 is 1.38 bits per heavy atom. The number of hydrogen-bond donors (Lipinski definition) is 1. The average molecular weight is 183 g/mol. The Hall–Kier alpha value is -0.0800. The van der Waals surface area contributed by atoms with Crippen LogP contribution in [0.2, 0.25) is 0 Å². The lowest BCUT2D eigenvalue weighted by atomic mass is 9.74. The third-order valence-electron chi connectivity index (χ3n) is 3.72. The Kier molecular flexibility index (Phi) is 2.61. The summed E-state index contributed by atoms with van der Waals surface area (Å²) in [5, 5.41) is 3.54. The fourth-order valence-corrected chi connectivity index (χ4v) is 2.91. The largest absolute Gasteiger partial charge is 0.372 e. The van der Waals surface area contributed by atoms with Gasteiger partial charge in [0.15, 0.2) is 0 Å². The molecule has 2 fully saturated rings. The summed E-state index contributed by atoms with van der Waals surface area (Å²) in [4.78, 5) is 0. The van der Waals surface area contributed by atoms with Crippen LogP contribution >= 0.6 is 0 Å². The molecular formula is C11H21NO. The van der Waals surface area contributed by atoms with E-state index in [4.69, 9.17) is 4.74 Å². The van der Waals surface area contributed by atoms with Gasteiger partial charge in [-0.15, -0.1) is 0 Å². The molecular weight excluding hydrogens is 162 g/mol. The lowest BCUT2D eigenvalue weighted by Crippen LogP contribution is -2.58. The average Bonchev–Trinajstić information content (AvgIpc) is 2.11. The molecule has 1 saturated carbocycles. The van der Waals surface area contributed by atoms with Crippen LogP contribution in [0.3, 0.4) is 0 Å². The first-order chi connectivity index (χ1) is 6.23. The zero-order valence-corrected chi connectivity index (χ0v) is 8.81. The Bertz CT molecular complexity index is 179. The van der Waals surface area contributed by atoms with Crippen LogP contribution < -0.4 is 5.32 Å². The summed E-state index contributed by atoms with van der Waals surface area (Å²) >= 11 is 0. The maximum atomic E-state index is 6.03. The Balaban J connectivity index is 2.07. The Morgan fingerprint density at radius 3 is 2.92 bits per heavy atom. The van der Waals surface area contributed by atoms with Crippen molar-refractivity contribution in [2.45, 2.75) is 51.2 Å². The maximum absolute atomic E-state index is 6.03. The minimum Gasteiger partial charge on any atom is -0.372 e. The fourth-order valence-electron chi connectivity index (χ4n) is 2.91. The first-order valence-corrected chi connectivity index (χ1v) is 5.60. The number of morpholine rings is 1. The Labute approximate surface area is 81.0 Å². The van der Waals surface area contributed by atoms with E-state index in [-0.39, 0.29) is 5.60 Å². The molecule has 1 aliphatic heterocycles. The van der Waals surface area contributed by atoms with Crippen LogP contribution in [-0.4, -0.2) is 24.8 Å². The molecule has 0 bridgehead atoms. The summed E-state index contributed by atoms with van der Waals surface area (Å²) < 4.78 is 6.03. The fraction of sp³-hybridized carbons (Fsp3) is 1.00. The van der Waals surface area contributed by atoms with Crippen molar-refractivity contribution in [3.63, 3.8) is 0 Å². The zero-order valence-electron chi connectivity index (χ0n) is 8.81. The summed E-state index contributed by atoms with van der Waals surface area (Å²) in [6.07, 6.45) is 5.23. The standard InChI is InChI=1S/C11H21NO/c1-9-4-3-5-11(8-9)10(2)12-6-7-13-11/h9-10,12H,3-8H2,1-2H3. The van der Waals surface area contributed by atoms with Gasteiger partial charge in [0.05, 0.1) is 12.2 Å². The van der Waals surface area contributed by atoms with E-state index >= 15 is 0 Å². The number of ether oxygens (including phenoxy) is 1. The molecule has 0 amide bonds. The molecule has 3 atom stereocenters. The molecule has 13 heavy (non-hydrogen) atoms. The van der Waals surface area contributed by atoms with Crippen molar-refractivity contribution in [1.82, 2.24) is 5.32 Å². The van der Waals surface area contributed by atoms with Gasteiger partial charge in [-0.05, 0) is 25.7 Å². The summed E-state index contributed by atoms with van der Waals surface area (Å²) in [6.45, 7) is 6.55. The van der Waals surface area contributed by atoms with Gasteiger partial charge in [0.2, 0.25) is 0 Å². The zero-order chi connectivity index (χ0) is 9.31. The lowest BCUT2D eigenvalue weighted by Gasteiger charge is -2.47. The normalized spacial score (nSPS) is 46.6. The van der Waals surface area contributed by atoms with E-state index in [0.717, 1.165) is 19.1 Å². The van der Waals surface area contributed by atoms with Crippen LogP contribution in [0, 0.1) is 5.92 Å². The first kappa shape index (κ1) is 9.47. The van der Waals surface area contributed by atoms with Crippen molar-refractivity contribution < 1.29 is 4.74 Å². The summed E-state index contributed by atoms with van der Waals surface area (Å²) in [7, 11) is 0. The summed E-state index contributed by atoms with van der Waals surface area (Å²) in [5.74, 6) is 0.844.